The van der Waals surface area contributed by atoms with Crippen molar-refractivity contribution < 1.29 is 26.4 Å². The lowest BCUT2D eigenvalue weighted by Gasteiger charge is -2.14. The topological polar surface area (TPSA) is 75.3 Å². The van der Waals surface area contributed by atoms with Crippen LogP contribution in [-0.2, 0) is 10.0 Å². The zero-order valence-electron chi connectivity index (χ0n) is 12.8. The van der Waals surface area contributed by atoms with Crippen LogP contribution < -0.4 is 10.0 Å². The molecule has 0 aliphatic rings. The number of sulfonamides is 1. The number of carbonyl (C=O) groups is 1. The van der Waals surface area contributed by atoms with Gasteiger partial charge in [0.15, 0.2) is 0 Å². The number of para-hydroxylation sites is 1. The van der Waals surface area contributed by atoms with Gasteiger partial charge < -0.3 is 5.32 Å². The molecule has 0 bridgehead atoms. The van der Waals surface area contributed by atoms with Crippen LogP contribution in [0.15, 0.2) is 47.4 Å². The zero-order valence-corrected chi connectivity index (χ0v) is 15.1. The van der Waals surface area contributed by atoms with Crippen molar-refractivity contribution in [2.75, 3.05) is 11.3 Å². The number of carbonyl (C=O) groups excluding carboxylic acids is 1. The van der Waals surface area contributed by atoms with E-state index >= 15 is 0 Å². The van der Waals surface area contributed by atoms with E-state index in [-0.39, 0.29) is 26.2 Å². The van der Waals surface area contributed by atoms with E-state index in [0.29, 0.717) is 0 Å². The fourth-order valence-electron chi connectivity index (χ4n) is 1.93. The Morgan fingerprint density at radius 2 is 1.73 bits per heavy atom. The quantitative estimate of drug-likeness (QED) is 0.755. The fraction of sp³-hybridized carbons (Fsp3) is 0.133. The molecule has 0 radical (unpaired) electrons. The summed E-state index contributed by atoms with van der Waals surface area (Å²) in [4.78, 5) is 11.6. The summed E-state index contributed by atoms with van der Waals surface area (Å²) in [5.41, 5.74) is -0.485. The second-order valence-electron chi connectivity index (χ2n) is 5.02. The van der Waals surface area contributed by atoms with E-state index in [2.05, 4.69) is 4.72 Å². The number of halogens is 5. The molecule has 11 heteroatoms. The maximum Gasteiger partial charge on any atom is 0.405 e. The molecule has 0 aliphatic heterocycles. The van der Waals surface area contributed by atoms with E-state index < -0.39 is 28.7 Å². The minimum atomic E-state index is -4.60. The Morgan fingerprint density at radius 3 is 2.38 bits per heavy atom. The van der Waals surface area contributed by atoms with Gasteiger partial charge in [-0.05, 0) is 30.3 Å². The molecule has 0 heterocycles. The Hall–Kier alpha value is -1.97. The third kappa shape index (κ3) is 5.26. The first-order chi connectivity index (χ1) is 12.0. The van der Waals surface area contributed by atoms with Gasteiger partial charge in [0, 0.05) is 5.02 Å². The van der Waals surface area contributed by atoms with Gasteiger partial charge in [-0.15, -0.1) is 0 Å². The molecule has 0 unspecified atom stereocenters. The van der Waals surface area contributed by atoms with Crippen LogP contribution in [0.4, 0.5) is 18.9 Å². The maximum absolute atomic E-state index is 12.5. The molecule has 2 N–H and O–H groups in total. The standard InChI is InChI=1S/C15H11Cl2F3N2O3S/c16-9-5-6-11(17)13(7-9)26(24,25)22-12-4-2-1-3-10(12)14(23)21-8-15(18,19)20/h1-7,22H,8H2,(H,21,23). The number of nitrogens with one attached hydrogen (secondary N) is 2. The van der Waals surface area contributed by atoms with Gasteiger partial charge >= 0.3 is 6.18 Å². The highest BCUT2D eigenvalue weighted by Gasteiger charge is 2.29. The summed E-state index contributed by atoms with van der Waals surface area (Å²) in [6.45, 7) is -1.55. The summed E-state index contributed by atoms with van der Waals surface area (Å²) < 4.78 is 63.9. The van der Waals surface area contributed by atoms with E-state index in [0.717, 1.165) is 6.07 Å². The highest BCUT2D eigenvalue weighted by atomic mass is 35.5. The number of anilines is 1. The number of amides is 1. The minimum Gasteiger partial charge on any atom is -0.343 e. The highest BCUT2D eigenvalue weighted by molar-refractivity contribution is 7.92. The summed E-state index contributed by atoms with van der Waals surface area (Å²) in [6.07, 6.45) is -4.60. The lowest BCUT2D eigenvalue weighted by molar-refractivity contribution is -0.123. The molecule has 0 saturated heterocycles. The SMILES string of the molecule is O=C(NCC(F)(F)F)c1ccccc1NS(=O)(=O)c1cc(Cl)ccc1Cl. The summed E-state index contributed by atoms with van der Waals surface area (Å²) in [6, 6.07) is 8.99. The van der Waals surface area contributed by atoms with Crippen LogP contribution in [-0.4, -0.2) is 27.0 Å². The first kappa shape index (κ1) is 20.3. The third-order valence-electron chi connectivity index (χ3n) is 3.05. The van der Waals surface area contributed by atoms with Gasteiger partial charge in [-0.2, -0.15) is 13.2 Å². The lowest BCUT2D eigenvalue weighted by Crippen LogP contribution is -2.34. The van der Waals surface area contributed by atoms with Gasteiger partial charge in [-0.3, -0.25) is 9.52 Å². The van der Waals surface area contributed by atoms with Gasteiger partial charge in [0.05, 0.1) is 16.3 Å². The first-order valence-electron chi connectivity index (χ1n) is 6.91. The molecule has 0 fully saturated rings. The van der Waals surface area contributed by atoms with Crippen LogP contribution in [0.1, 0.15) is 10.4 Å². The molecule has 140 valence electrons. The zero-order chi connectivity index (χ0) is 19.5. The Labute approximate surface area is 157 Å². The Kier molecular flexibility index (Phi) is 6.05. The number of hydrogen-bond acceptors (Lipinski definition) is 3. The average molecular weight is 427 g/mol. The molecular formula is C15H11Cl2F3N2O3S. The number of alkyl halides is 3. The van der Waals surface area contributed by atoms with Crippen LogP contribution in [0.25, 0.3) is 0 Å². The molecule has 2 rings (SSSR count). The van der Waals surface area contributed by atoms with Gasteiger partial charge in [0.25, 0.3) is 15.9 Å². The molecule has 0 atom stereocenters. The molecule has 0 aromatic heterocycles. The van der Waals surface area contributed by atoms with E-state index in [9.17, 15) is 26.4 Å². The van der Waals surface area contributed by atoms with Crippen molar-refractivity contribution in [3.63, 3.8) is 0 Å². The second-order valence-corrected chi connectivity index (χ2v) is 7.52. The van der Waals surface area contributed by atoms with E-state index in [1.54, 1.807) is 5.32 Å². The predicted octanol–water partition coefficient (Wildman–Crippen LogP) is 4.09. The summed E-state index contributed by atoms with van der Waals surface area (Å²) in [5.74, 6) is -1.09. The molecule has 0 aliphatic carbocycles. The van der Waals surface area contributed by atoms with Crippen molar-refractivity contribution >= 4 is 44.8 Å². The van der Waals surface area contributed by atoms with Gasteiger partial charge in [0.1, 0.15) is 11.4 Å². The number of benzene rings is 2. The lowest BCUT2D eigenvalue weighted by atomic mass is 10.1. The van der Waals surface area contributed by atoms with Crippen molar-refractivity contribution in [3.05, 3.63) is 58.1 Å². The van der Waals surface area contributed by atoms with Crippen molar-refractivity contribution in [2.24, 2.45) is 0 Å². The number of rotatable bonds is 5. The van der Waals surface area contributed by atoms with Crippen LogP contribution in [0.2, 0.25) is 10.0 Å². The molecule has 5 nitrogen and oxygen atoms in total. The normalized spacial score (nSPS) is 11.9. The maximum atomic E-state index is 12.5. The Balaban J connectivity index is 2.33. The summed E-state index contributed by atoms with van der Waals surface area (Å²) in [7, 11) is -4.23. The van der Waals surface area contributed by atoms with Gasteiger partial charge in [0.2, 0.25) is 0 Å². The monoisotopic (exact) mass is 426 g/mol. The molecule has 0 saturated carbocycles. The van der Waals surface area contributed by atoms with Crippen molar-refractivity contribution in [3.8, 4) is 0 Å². The summed E-state index contributed by atoms with van der Waals surface area (Å²) >= 11 is 11.6. The predicted molar refractivity (Wildman–Crippen MR) is 92.1 cm³/mol. The van der Waals surface area contributed by atoms with Crippen LogP contribution in [0.3, 0.4) is 0 Å². The molecule has 1 amide bonds. The van der Waals surface area contributed by atoms with Crippen molar-refractivity contribution in [1.82, 2.24) is 5.32 Å². The Morgan fingerprint density at radius 1 is 1.08 bits per heavy atom. The van der Waals surface area contributed by atoms with Gasteiger partial charge in [-0.1, -0.05) is 35.3 Å². The molecular weight excluding hydrogens is 416 g/mol. The third-order valence-corrected chi connectivity index (χ3v) is 5.13. The molecule has 2 aromatic rings. The Bertz CT molecular complexity index is 934. The second kappa shape index (κ2) is 7.73. The van der Waals surface area contributed by atoms with Crippen molar-refractivity contribution in [2.45, 2.75) is 11.1 Å². The molecule has 26 heavy (non-hydrogen) atoms. The molecule has 0 spiro atoms. The highest BCUT2D eigenvalue weighted by Crippen LogP contribution is 2.28. The minimum absolute atomic E-state index is 0.110. The average Bonchev–Trinajstić information content (AvgIpc) is 2.54. The van der Waals surface area contributed by atoms with Crippen LogP contribution in [0.5, 0.6) is 0 Å². The van der Waals surface area contributed by atoms with Crippen LogP contribution >= 0.6 is 23.2 Å². The first-order valence-corrected chi connectivity index (χ1v) is 9.15. The van der Waals surface area contributed by atoms with E-state index in [4.69, 9.17) is 23.2 Å². The van der Waals surface area contributed by atoms with E-state index in [1.165, 1.54) is 36.4 Å². The fourth-order valence-corrected chi connectivity index (χ4v) is 3.77. The van der Waals surface area contributed by atoms with Crippen LogP contribution in [0, 0.1) is 0 Å². The number of hydrogen-bond donors (Lipinski definition) is 2. The van der Waals surface area contributed by atoms with Crippen molar-refractivity contribution in [1.29, 1.82) is 0 Å². The van der Waals surface area contributed by atoms with E-state index in [1.807, 2.05) is 0 Å². The molecule has 2 aromatic carbocycles. The smallest absolute Gasteiger partial charge is 0.343 e. The van der Waals surface area contributed by atoms with Gasteiger partial charge in [-0.25, -0.2) is 8.42 Å². The summed E-state index contributed by atoms with van der Waals surface area (Å²) in [5, 5.41) is 1.69. The largest absolute Gasteiger partial charge is 0.405 e.